The highest BCUT2D eigenvalue weighted by Crippen LogP contribution is 2.32. The summed E-state index contributed by atoms with van der Waals surface area (Å²) in [5.41, 5.74) is 11.6. The highest BCUT2D eigenvalue weighted by atomic mass is 16.4. The fraction of sp³-hybridized carbons (Fsp3) is 0.188. The van der Waals surface area contributed by atoms with Crippen molar-refractivity contribution in [3.05, 3.63) is 53.1 Å². The topological polar surface area (TPSA) is 63.3 Å². The van der Waals surface area contributed by atoms with E-state index in [0.29, 0.717) is 5.69 Å². The second-order valence-corrected chi connectivity index (χ2v) is 4.76. The van der Waals surface area contributed by atoms with Gasteiger partial charge >= 0.3 is 5.97 Å². The fourth-order valence-corrected chi connectivity index (χ4v) is 2.25. The van der Waals surface area contributed by atoms with Crippen molar-refractivity contribution in [3.8, 4) is 11.1 Å². The van der Waals surface area contributed by atoms with Gasteiger partial charge in [-0.3, -0.25) is 4.79 Å². The molecule has 3 heteroatoms. The number of hydrogen-bond donors (Lipinski definition) is 2. The van der Waals surface area contributed by atoms with E-state index in [4.69, 9.17) is 10.8 Å². The summed E-state index contributed by atoms with van der Waals surface area (Å²) in [6, 6.07) is 11.7. The number of anilines is 1. The minimum atomic E-state index is -0.833. The molecule has 0 unspecified atom stereocenters. The Labute approximate surface area is 112 Å². The summed E-state index contributed by atoms with van der Waals surface area (Å²) in [7, 11) is 0. The molecule has 2 aromatic rings. The van der Waals surface area contributed by atoms with Crippen molar-refractivity contribution in [3.63, 3.8) is 0 Å². The number of aliphatic carboxylic acids is 1. The second-order valence-electron chi connectivity index (χ2n) is 4.76. The summed E-state index contributed by atoms with van der Waals surface area (Å²) in [5.74, 6) is -0.833. The molecule has 0 bridgehead atoms. The third-order valence-electron chi connectivity index (χ3n) is 3.24. The van der Waals surface area contributed by atoms with Gasteiger partial charge in [-0.1, -0.05) is 30.3 Å². The number of benzene rings is 2. The Morgan fingerprint density at radius 1 is 1.11 bits per heavy atom. The van der Waals surface area contributed by atoms with Gasteiger partial charge in [0, 0.05) is 11.3 Å². The molecule has 19 heavy (non-hydrogen) atoms. The first-order valence-electron chi connectivity index (χ1n) is 6.16. The number of rotatable bonds is 3. The molecule has 0 heterocycles. The highest BCUT2D eigenvalue weighted by Gasteiger charge is 2.11. The maximum Gasteiger partial charge on any atom is 0.307 e. The number of carboxylic acid groups (broad SMARTS) is 1. The molecule has 0 aromatic heterocycles. The zero-order valence-corrected chi connectivity index (χ0v) is 11.1. The normalized spacial score (nSPS) is 10.4. The van der Waals surface area contributed by atoms with Gasteiger partial charge in [-0.25, -0.2) is 0 Å². The average Bonchev–Trinajstić information content (AvgIpc) is 2.34. The maximum absolute atomic E-state index is 10.8. The zero-order chi connectivity index (χ0) is 14.0. The summed E-state index contributed by atoms with van der Waals surface area (Å²) >= 11 is 0. The lowest BCUT2D eigenvalue weighted by Crippen LogP contribution is -2.03. The van der Waals surface area contributed by atoms with Crippen molar-refractivity contribution >= 4 is 11.7 Å². The van der Waals surface area contributed by atoms with E-state index in [9.17, 15) is 4.79 Å². The molecule has 0 spiro atoms. The maximum atomic E-state index is 10.8. The van der Waals surface area contributed by atoms with Crippen LogP contribution in [-0.4, -0.2) is 11.1 Å². The molecule has 0 saturated carbocycles. The molecular weight excluding hydrogens is 238 g/mol. The largest absolute Gasteiger partial charge is 0.481 e. The minimum Gasteiger partial charge on any atom is -0.481 e. The van der Waals surface area contributed by atoms with E-state index in [-0.39, 0.29) is 6.42 Å². The third-order valence-corrected chi connectivity index (χ3v) is 3.24. The SMILES string of the molecule is Cc1ccccc1-c1cc(CC(=O)O)cc(C)c1N. The summed E-state index contributed by atoms with van der Waals surface area (Å²) in [4.78, 5) is 10.8. The first kappa shape index (κ1) is 13.1. The Balaban J connectivity index is 2.59. The van der Waals surface area contributed by atoms with Crippen molar-refractivity contribution in [1.29, 1.82) is 0 Å². The van der Waals surface area contributed by atoms with E-state index < -0.39 is 5.97 Å². The molecule has 0 atom stereocenters. The average molecular weight is 255 g/mol. The minimum absolute atomic E-state index is 0.0139. The highest BCUT2D eigenvalue weighted by molar-refractivity contribution is 5.82. The van der Waals surface area contributed by atoms with Crippen LogP contribution in [0, 0.1) is 13.8 Å². The van der Waals surface area contributed by atoms with Crippen LogP contribution in [0.2, 0.25) is 0 Å². The van der Waals surface area contributed by atoms with Crippen molar-refractivity contribution in [2.45, 2.75) is 20.3 Å². The van der Waals surface area contributed by atoms with Crippen LogP contribution in [0.4, 0.5) is 5.69 Å². The number of aryl methyl sites for hydroxylation is 2. The van der Waals surface area contributed by atoms with Gasteiger partial charge in [-0.15, -0.1) is 0 Å². The lowest BCUT2D eigenvalue weighted by Gasteiger charge is -2.13. The second kappa shape index (κ2) is 5.14. The monoisotopic (exact) mass is 255 g/mol. The van der Waals surface area contributed by atoms with E-state index in [2.05, 4.69) is 0 Å². The molecule has 2 aromatic carbocycles. The van der Waals surface area contributed by atoms with Crippen molar-refractivity contribution in [2.75, 3.05) is 5.73 Å². The van der Waals surface area contributed by atoms with E-state index >= 15 is 0 Å². The number of hydrogen-bond acceptors (Lipinski definition) is 2. The molecule has 3 N–H and O–H groups in total. The van der Waals surface area contributed by atoms with Gasteiger partial charge in [0.05, 0.1) is 6.42 Å². The molecule has 0 saturated heterocycles. The van der Waals surface area contributed by atoms with Crippen LogP contribution >= 0.6 is 0 Å². The fourth-order valence-electron chi connectivity index (χ4n) is 2.25. The van der Waals surface area contributed by atoms with Crippen LogP contribution in [0.5, 0.6) is 0 Å². The lowest BCUT2D eigenvalue weighted by molar-refractivity contribution is -0.136. The lowest BCUT2D eigenvalue weighted by atomic mass is 9.94. The summed E-state index contributed by atoms with van der Waals surface area (Å²) in [6.07, 6.45) is 0.0139. The Bertz CT molecular complexity index is 633. The quantitative estimate of drug-likeness (QED) is 0.828. The Hall–Kier alpha value is -2.29. The van der Waals surface area contributed by atoms with Crippen LogP contribution in [0.3, 0.4) is 0 Å². The van der Waals surface area contributed by atoms with Gasteiger partial charge in [0.15, 0.2) is 0 Å². The van der Waals surface area contributed by atoms with Crippen molar-refractivity contribution < 1.29 is 9.90 Å². The molecule has 98 valence electrons. The van der Waals surface area contributed by atoms with Gasteiger partial charge < -0.3 is 10.8 Å². The molecular formula is C16H17NO2. The first-order valence-corrected chi connectivity index (χ1v) is 6.16. The number of nitrogen functional groups attached to an aromatic ring is 1. The molecule has 0 fully saturated rings. The van der Waals surface area contributed by atoms with Crippen molar-refractivity contribution in [1.82, 2.24) is 0 Å². The van der Waals surface area contributed by atoms with E-state index in [1.807, 2.05) is 50.2 Å². The standard InChI is InChI=1S/C16H17NO2/c1-10-5-3-4-6-13(10)14-8-12(9-15(18)19)7-11(2)16(14)17/h3-8H,9,17H2,1-2H3,(H,18,19). The Morgan fingerprint density at radius 2 is 1.79 bits per heavy atom. The predicted molar refractivity (Wildman–Crippen MR) is 77.1 cm³/mol. The van der Waals surface area contributed by atoms with Crippen LogP contribution in [0.25, 0.3) is 11.1 Å². The molecule has 0 amide bonds. The predicted octanol–water partition coefficient (Wildman–Crippen LogP) is 3.18. The molecule has 0 aliphatic rings. The third kappa shape index (κ3) is 2.76. The Kier molecular flexibility index (Phi) is 3.56. The van der Waals surface area contributed by atoms with E-state index in [1.165, 1.54) is 0 Å². The summed E-state index contributed by atoms with van der Waals surface area (Å²) in [6.45, 7) is 3.93. The first-order chi connectivity index (χ1) is 8.99. The van der Waals surface area contributed by atoms with Gasteiger partial charge in [0.1, 0.15) is 0 Å². The van der Waals surface area contributed by atoms with Crippen LogP contribution in [0.15, 0.2) is 36.4 Å². The summed E-state index contributed by atoms with van der Waals surface area (Å²) < 4.78 is 0. The Morgan fingerprint density at radius 3 is 2.42 bits per heavy atom. The van der Waals surface area contributed by atoms with Gasteiger partial charge in [-0.2, -0.15) is 0 Å². The number of nitrogens with two attached hydrogens (primary N) is 1. The van der Waals surface area contributed by atoms with E-state index in [1.54, 1.807) is 0 Å². The molecule has 0 aliphatic carbocycles. The van der Waals surface area contributed by atoms with Crippen molar-refractivity contribution in [2.24, 2.45) is 0 Å². The number of carbonyl (C=O) groups is 1. The van der Waals surface area contributed by atoms with Gasteiger partial charge in [0.25, 0.3) is 0 Å². The van der Waals surface area contributed by atoms with Crippen LogP contribution in [-0.2, 0) is 11.2 Å². The molecule has 0 aliphatic heterocycles. The van der Waals surface area contributed by atoms with Crippen LogP contribution < -0.4 is 5.73 Å². The molecule has 3 nitrogen and oxygen atoms in total. The molecule has 2 rings (SSSR count). The van der Waals surface area contributed by atoms with Gasteiger partial charge in [-0.05, 0) is 42.2 Å². The molecule has 0 radical (unpaired) electrons. The zero-order valence-electron chi connectivity index (χ0n) is 11.1. The summed E-state index contributed by atoms with van der Waals surface area (Å²) in [5, 5.41) is 8.91. The van der Waals surface area contributed by atoms with Gasteiger partial charge in [0.2, 0.25) is 0 Å². The van der Waals surface area contributed by atoms with E-state index in [0.717, 1.165) is 27.8 Å². The van der Waals surface area contributed by atoms with Crippen LogP contribution in [0.1, 0.15) is 16.7 Å². The number of carboxylic acids is 1. The smallest absolute Gasteiger partial charge is 0.307 e.